The molecule has 1 aliphatic heterocycles. The molecule has 1 atom stereocenters. The van der Waals surface area contributed by atoms with Gasteiger partial charge in [-0.3, -0.25) is 4.79 Å². The first-order valence-corrected chi connectivity index (χ1v) is 5.20. The molecule has 0 aromatic carbocycles. The predicted molar refractivity (Wildman–Crippen MR) is 52.6 cm³/mol. The summed E-state index contributed by atoms with van der Waals surface area (Å²) in [6, 6.07) is 0. The number of rotatable bonds is 3. The van der Waals surface area contributed by atoms with Gasteiger partial charge in [-0.05, 0) is 19.3 Å². The fourth-order valence-electron chi connectivity index (χ4n) is 1.67. The molecule has 0 N–H and O–H groups in total. The molecule has 0 aromatic rings. The summed E-state index contributed by atoms with van der Waals surface area (Å²) in [5.74, 6) is 0.540. The zero-order chi connectivity index (χ0) is 9.90. The van der Waals surface area contributed by atoms with Crippen molar-refractivity contribution in [2.24, 2.45) is 11.3 Å². The van der Waals surface area contributed by atoms with Gasteiger partial charge in [-0.1, -0.05) is 20.8 Å². The van der Waals surface area contributed by atoms with Crippen molar-refractivity contribution in [3.8, 4) is 0 Å². The van der Waals surface area contributed by atoms with Crippen molar-refractivity contribution in [3.05, 3.63) is 0 Å². The summed E-state index contributed by atoms with van der Waals surface area (Å²) in [4.78, 5) is 12.0. The van der Waals surface area contributed by atoms with Gasteiger partial charge in [0.05, 0.1) is 6.61 Å². The number of carbonyl (C=O) groups is 1. The number of ketones is 1. The zero-order valence-electron chi connectivity index (χ0n) is 8.93. The van der Waals surface area contributed by atoms with Crippen LogP contribution >= 0.6 is 0 Å². The molecule has 0 saturated carbocycles. The monoisotopic (exact) mass is 184 g/mol. The molecule has 2 heteroatoms. The first-order valence-electron chi connectivity index (χ1n) is 5.20. The SMILES string of the molecule is CCC(C)(C)C(=O)C1CCCOC1. The van der Waals surface area contributed by atoms with Crippen LogP contribution in [0, 0.1) is 11.3 Å². The molecule has 0 amide bonds. The second-order valence-corrected chi connectivity index (χ2v) is 4.52. The summed E-state index contributed by atoms with van der Waals surface area (Å²) < 4.78 is 5.32. The Morgan fingerprint density at radius 2 is 2.23 bits per heavy atom. The Morgan fingerprint density at radius 3 is 2.69 bits per heavy atom. The quantitative estimate of drug-likeness (QED) is 0.673. The van der Waals surface area contributed by atoms with E-state index in [-0.39, 0.29) is 11.3 Å². The van der Waals surface area contributed by atoms with Crippen LogP contribution in [0.15, 0.2) is 0 Å². The van der Waals surface area contributed by atoms with Crippen molar-refractivity contribution >= 4 is 5.78 Å². The van der Waals surface area contributed by atoms with Crippen molar-refractivity contribution in [2.45, 2.75) is 40.0 Å². The van der Waals surface area contributed by atoms with Gasteiger partial charge in [-0.2, -0.15) is 0 Å². The van der Waals surface area contributed by atoms with Crippen LogP contribution in [-0.2, 0) is 9.53 Å². The van der Waals surface area contributed by atoms with Gasteiger partial charge in [-0.15, -0.1) is 0 Å². The van der Waals surface area contributed by atoms with Gasteiger partial charge in [-0.25, -0.2) is 0 Å². The Labute approximate surface area is 80.7 Å². The van der Waals surface area contributed by atoms with E-state index in [4.69, 9.17) is 4.74 Å². The maximum Gasteiger partial charge on any atom is 0.143 e. The lowest BCUT2D eigenvalue weighted by atomic mass is 9.77. The van der Waals surface area contributed by atoms with Gasteiger partial charge in [0.15, 0.2) is 0 Å². The van der Waals surface area contributed by atoms with Crippen LogP contribution in [0.4, 0.5) is 0 Å². The summed E-state index contributed by atoms with van der Waals surface area (Å²) in [7, 11) is 0. The summed E-state index contributed by atoms with van der Waals surface area (Å²) in [5, 5.41) is 0. The fraction of sp³-hybridized carbons (Fsp3) is 0.909. The third-order valence-corrected chi connectivity index (χ3v) is 3.08. The molecule has 1 heterocycles. The maximum atomic E-state index is 12.0. The molecular formula is C11H20O2. The summed E-state index contributed by atoms with van der Waals surface area (Å²) >= 11 is 0. The second kappa shape index (κ2) is 4.23. The highest BCUT2D eigenvalue weighted by atomic mass is 16.5. The first-order chi connectivity index (χ1) is 6.08. The molecule has 1 unspecified atom stereocenters. The lowest BCUT2D eigenvalue weighted by molar-refractivity contribution is -0.135. The van der Waals surface area contributed by atoms with Crippen LogP contribution in [0.25, 0.3) is 0 Å². The number of carbonyl (C=O) groups excluding carboxylic acids is 1. The number of hydrogen-bond acceptors (Lipinski definition) is 2. The molecule has 0 aliphatic carbocycles. The molecule has 0 bridgehead atoms. The summed E-state index contributed by atoms with van der Waals surface area (Å²) in [6.45, 7) is 7.61. The minimum Gasteiger partial charge on any atom is -0.381 e. The molecule has 1 saturated heterocycles. The molecule has 1 rings (SSSR count). The topological polar surface area (TPSA) is 26.3 Å². The van der Waals surface area contributed by atoms with Gasteiger partial charge in [0.2, 0.25) is 0 Å². The van der Waals surface area contributed by atoms with E-state index in [0.717, 1.165) is 25.9 Å². The highest BCUT2D eigenvalue weighted by Crippen LogP contribution is 2.28. The maximum absolute atomic E-state index is 12.0. The van der Waals surface area contributed by atoms with Crippen molar-refractivity contribution in [1.29, 1.82) is 0 Å². The predicted octanol–water partition coefficient (Wildman–Crippen LogP) is 2.42. The minimum absolute atomic E-state index is 0.156. The average molecular weight is 184 g/mol. The minimum atomic E-state index is -0.161. The first kappa shape index (κ1) is 10.7. The lowest BCUT2D eigenvalue weighted by Crippen LogP contribution is -2.35. The number of hydrogen-bond donors (Lipinski definition) is 0. The lowest BCUT2D eigenvalue weighted by Gasteiger charge is -2.29. The smallest absolute Gasteiger partial charge is 0.143 e. The Morgan fingerprint density at radius 1 is 1.54 bits per heavy atom. The van der Waals surface area contributed by atoms with E-state index in [1.807, 2.05) is 13.8 Å². The zero-order valence-corrected chi connectivity index (χ0v) is 8.93. The molecule has 1 aliphatic rings. The number of Topliss-reactive ketones (excluding diaryl/α,β-unsaturated/α-hetero) is 1. The highest BCUT2D eigenvalue weighted by Gasteiger charge is 2.32. The van der Waals surface area contributed by atoms with Crippen LogP contribution < -0.4 is 0 Å². The standard InChI is InChI=1S/C11H20O2/c1-4-11(2,3)10(12)9-6-5-7-13-8-9/h9H,4-8H2,1-3H3. The van der Waals surface area contributed by atoms with Gasteiger partial charge in [0.25, 0.3) is 0 Å². The molecule has 13 heavy (non-hydrogen) atoms. The Kier molecular flexibility index (Phi) is 3.48. The number of ether oxygens (including phenoxy) is 1. The Balaban J connectivity index is 2.55. The third-order valence-electron chi connectivity index (χ3n) is 3.08. The van der Waals surface area contributed by atoms with E-state index in [2.05, 4.69) is 6.92 Å². The van der Waals surface area contributed by atoms with Gasteiger partial charge < -0.3 is 4.74 Å². The summed E-state index contributed by atoms with van der Waals surface area (Å²) in [6.07, 6.45) is 2.97. The second-order valence-electron chi connectivity index (χ2n) is 4.52. The van der Waals surface area contributed by atoms with E-state index < -0.39 is 0 Å². The largest absolute Gasteiger partial charge is 0.381 e. The molecular weight excluding hydrogens is 164 g/mol. The molecule has 0 spiro atoms. The van der Waals surface area contributed by atoms with Gasteiger partial charge in [0.1, 0.15) is 5.78 Å². The third kappa shape index (κ3) is 2.53. The fourth-order valence-corrected chi connectivity index (χ4v) is 1.67. The van der Waals surface area contributed by atoms with Crippen LogP contribution in [-0.4, -0.2) is 19.0 Å². The van der Waals surface area contributed by atoms with Crippen LogP contribution in [0.3, 0.4) is 0 Å². The van der Waals surface area contributed by atoms with E-state index in [0.29, 0.717) is 12.4 Å². The van der Waals surface area contributed by atoms with Gasteiger partial charge in [0, 0.05) is 17.9 Å². The normalized spacial score (nSPS) is 24.4. The van der Waals surface area contributed by atoms with Crippen LogP contribution in [0.5, 0.6) is 0 Å². The van der Waals surface area contributed by atoms with Crippen LogP contribution in [0.2, 0.25) is 0 Å². The Hall–Kier alpha value is -0.370. The van der Waals surface area contributed by atoms with E-state index in [1.54, 1.807) is 0 Å². The average Bonchev–Trinajstić information content (AvgIpc) is 2.18. The Bertz CT molecular complexity index is 179. The highest BCUT2D eigenvalue weighted by molar-refractivity contribution is 5.86. The van der Waals surface area contributed by atoms with Crippen LogP contribution in [0.1, 0.15) is 40.0 Å². The van der Waals surface area contributed by atoms with Crippen molar-refractivity contribution in [3.63, 3.8) is 0 Å². The van der Waals surface area contributed by atoms with E-state index in [1.165, 1.54) is 0 Å². The van der Waals surface area contributed by atoms with E-state index >= 15 is 0 Å². The molecule has 2 nitrogen and oxygen atoms in total. The summed E-state index contributed by atoms with van der Waals surface area (Å²) in [5.41, 5.74) is -0.161. The molecule has 76 valence electrons. The van der Waals surface area contributed by atoms with Crippen molar-refractivity contribution in [1.82, 2.24) is 0 Å². The van der Waals surface area contributed by atoms with Crippen molar-refractivity contribution in [2.75, 3.05) is 13.2 Å². The molecule has 0 radical (unpaired) electrons. The molecule has 1 fully saturated rings. The molecule has 0 aromatic heterocycles. The van der Waals surface area contributed by atoms with Crippen molar-refractivity contribution < 1.29 is 9.53 Å². The van der Waals surface area contributed by atoms with Gasteiger partial charge >= 0.3 is 0 Å². The van der Waals surface area contributed by atoms with E-state index in [9.17, 15) is 4.79 Å².